The van der Waals surface area contributed by atoms with Crippen molar-refractivity contribution in [3.8, 4) is 0 Å². The molecule has 0 spiro atoms. The van der Waals surface area contributed by atoms with Crippen LogP contribution in [-0.4, -0.2) is 11.7 Å². The standard InChI is InChI=1S/C7H10NO.F6P/c9-7-6-8-4-2-1-3-5-8;1-7(2,3,4,5)6/h1-5,9H,6-7H2;/q+1;-1. The molecule has 1 N–H and O–H groups in total. The summed E-state index contributed by atoms with van der Waals surface area (Å²) in [6.07, 6.45) is 3.85. The summed E-state index contributed by atoms with van der Waals surface area (Å²) in [4.78, 5) is 0. The number of rotatable bonds is 2. The van der Waals surface area contributed by atoms with Crippen molar-refractivity contribution in [2.45, 2.75) is 6.54 Å². The summed E-state index contributed by atoms with van der Waals surface area (Å²) in [5, 5.41) is 8.50. The normalized spacial score (nSPS) is 15.4. The molecule has 0 fully saturated rings. The molecule has 96 valence electrons. The first-order valence-electron chi connectivity index (χ1n) is 4.00. The SMILES string of the molecule is F[P-](F)(F)(F)(F)F.OCC[n+]1ccccc1. The minimum atomic E-state index is -10.7. The molecule has 9 heteroatoms. The molecule has 0 saturated carbocycles. The number of halogens is 6. The Morgan fingerprint density at radius 1 is 0.875 bits per heavy atom. The summed E-state index contributed by atoms with van der Waals surface area (Å²) in [6, 6.07) is 5.83. The summed E-state index contributed by atoms with van der Waals surface area (Å²) < 4.78 is 61.1. The number of hydrogen-bond acceptors (Lipinski definition) is 1. The van der Waals surface area contributed by atoms with E-state index in [0.717, 1.165) is 0 Å². The molecule has 1 aromatic rings. The van der Waals surface area contributed by atoms with E-state index >= 15 is 0 Å². The van der Waals surface area contributed by atoms with Crippen molar-refractivity contribution in [2.75, 3.05) is 6.61 Å². The molecule has 1 heterocycles. The Hall–Kier alpha value is -0.880. The third-order valence-electron chi connectivity index (χ3n) is 1.14. The summed E-state index contributed by atoms with van der Waals surface area (Å²) in [7, 11) is -10.7. The van der Waals surface area contributed by atoms with Crippen molar-refractivity contribution in [1.29, 1.82) is 0 Å². The molecule has 0 unspecified atom stereocenters. The second-order valence-electron chi connectivity index (χ2n) is 2.80. The Morgan fingerprint density at radius 3 is 1.56 bits per heavy atom. The second-order valence-corrected chi connectivity index (χ2v) is 4.71. The zero-order valence-corrected chi connectivity index (χ0v) is 8.80. The number of hydrogen-bond donors (Lipinski definition) is 1. The van der Waals surface area contributed by atoms with Crippen LogP contribution in [0.5, 0.6) is 0 Å². The van der Waals surface area contributed by atoms with Gasteiger partial charge in [0.2, 0.25) is 0 Å². The quantitative estimate of drug-likeness (QED) is 0.497. The third-order valence-corrected chi connectivity index (χ3v) is 1.14. The van der Waals surface area contributed by atoms with Crippen LogP contribution in [-0.2, 0) is 6.54 Å². The topological polar surface area (TPSA) is 24.1 Å². The molecule has 1 aromatic heterocycles. The number of aliphatic hydroxyl groups excluding tert-OH is 1. The molecule has 0 bridgehead atoms. The van der Waals surface area contributed by atoms with E-state index in [1.807, 2.05) is 35.2 Å². The van der Waals surface area contributed by atoms with Crippen LogP contribution in [0.2, 0.25) is 0 Å². The summed E-state index contributed by atoms with van der Waals surface area (Å²) in [6.45, 7) is 0.884. The van der Waals surface area contributed by atoms with Crippen molar-refractivity contribution in [3.63, 3.8) is 0 Å². The monoisotopic (exact) mass is 269 g/mol. The summed E-state index contributed by atoms with van der Waals surface area (Å²) in [5.41, 5.74) is 0. The van der Waals surface area contributed by atoms with Crippen LogP contribution in [0.1, 0.15) is 0 Å². The summed E-state index contributed by atoms with van der Waals surface area (Å²) in [5.74, 6) is 0. The Balaban J connectivity index is 0.000000293. The summed E-state index contributed by atoms with van der Waals surface area (Å²) >= 11 is 0. The zero-order chi connectivity index (χ0) is 12.9. The molecule has 0 radical (unpaired) electrons. The van der Waals surface area contributed by atoms with E-state index in [-0.39, 0.29) is 6.61 Å². The first kappa shape index (κ1) is 15.1. The number of pyridine rings is 1. The molecule has 16 heavy (non-hydrogen) atoms. The molecule has 2 nitrogen and oxygen atoms in total. The molecule has 0 amide bonds. The molecular weight excluding hydrogens is 259 g/mol. The van der Waals surface area contributed by atoms with Crippen LogP contribution >= 0.6 is 7.81 Å². The smallest absolute Gasteiger partial charge is 0.171 e. The van der Waals surface area contributed by atoms with E-state index < -0.39 is 7.81 Å². The maximum Gasteiger partial charge on any atom is 0.171 e. The van der Waals surface area contributed by atoms with Gasteiger partial charge in [-0.1, -0.05) is 6.07 Å². The van der Waals surface area contributed by atoms with Crippen LogP contribution < -0.4 is 4.57 Å². The van der Waals surface area contributed by atoms with Gasteiger partial charge < -0.3 is 5.11 Å². The van der Waals surface area contributed by atoms with E-state index in [1.54, 1.807) is 0 Å². The molecule has 1 rings (SSSR count). The van der Waals surface area contributed by atoms with Gasteiger partial charge in [0.25, 0.3) is 0 Å². The van der Waals surface area contributed by atoms with Gasteiger partial charge in [-0.05, 0) is 0 Å². The van der Waals surface area contributed by atoms with E-state index in [1.165, 1.54) is 0 Å². The van der Waals surface area contributed by atoms with Crippen molar-refractivity contribution in [2.24, 2.45) is 0 Å². The maximum atomic E-state index is 9.87. The molecule has 0 saturated heterocycles. The van der Waals surface area contributed by atoms with Gasteiger partial charge in [-0.15, -0.1) is 0 Å². The van der Waals surface area contributed by atoms with Gasteiger partial charge in [-0.25, -0.2) is 4.57 Å². The fraction of sp³-hybridized carbons (Fsp3) is 0.286. The molecule has 0 aliphatic heterocycles. The van der Waals surface area contributed by atoms with E-state index in [0.29, 0.717) is 6.54 Å². The Labute approximate surface area is 87.4 Å². The van der Waals surface area contributed by atoms with Crippen LogP contribution in [0.4, 0.5) is 25.2 Å². The minimum absolute atomic E-state index is 0.203. The van der Waals surface area contributed by atoms with Gasteiger partial charge in [0.1, 0.15) is 6.61 Å². The predicted molar refractivity (Wildman–Crippen MR) is 47.3 cm³/mol. The van der Waals surface area contributed by atoms with Crippen molar-refractivity contribution >= 4 is 7.81 Å². The van der Waals surface area contributed by atoms with Crippen LogP contribution in [0.3, 0.4) is 0 Å². The predicted octanol–water partition coefficient (Wildman–Crippen LogP) is 3.35. The van der Waals surface area contributed by atoms with Gasteiger partial charge in [-0.3, -0.25) is 0 Å². The van der Waals surface area contributed by atoms with Gasteiger partial charge in [-0.2, -0.15) is 0 Å². The van der Waals surface area contributed by atoms with Gasteiger partial charge in [0, 0.05) is 12.1 Å². The molecule has 0 atom stereocenters. The van der Waals surface area contributed by atoms with Crippen LogP contribution in [0.25, 0.3) is 0 Å². The second kappa shape index (κ2) is 4.18. The fourth-order valence-electron chi connectivity index (χ4n) is 0.699. The number of aromatic nitrogens is 1. The average Bonchev–Trinajstić information content (AvgIpc) is 2.01. The largest absolute Gasteiger partial charge is 0.390 e. The Morgan fingerprint density at radius 2 is 1.25 bits per heavy atom. The molecule has 0 aliphatic rings. The zero-order valence-electron chi connectivity index (χ0n) is 7.91. The maximum absolute atomic E-state index is 10.7. The third kappa shape index (κ3) is 18.8. The van der Waals surface area contributed by atoms with E-state index in [4.69, 9.17) is 5.11 Å². The minimum Gasteiger partial charge on any atom is -0.390 e. The van der Waals surface area contributed by atoms with Gasteiger partial charge >= 0.3 is 33.0 Å². The molecule has 0 aromatic carbocycles. The number of nitrogens with zero attached hydrogens (tertiary/aromatic N) is 1. The van der Waals surface area contributed by atoms with Gasteiger partial charge in [0.05, 0.1) is 0 Å². The fourth-order valence-corrected chi connectivity index (χ4v) is 0.699. The Bertz CT molecular complexity index is 311. The molecule has 0 aliphatic carbocycles. The van der Waals surface area contributed by atoms with Crippen molar-refractivity contribution in [1.82, 2.24) is 0 Å². The van der Waals surface area contributed by atoms with E-state index in [9.17, 15) is 25.2 Å². The van der Waals surface area contributed by atoms with Crippen LogP contribution in [0.15, 0.2) is 30.6 Å². The Kier molecular flexibility index (Phi) is 3.95. The first-order valence-corrected chi connectivity index (χ1v) is 6.02. The van der Waals surface area contributed by atoms with Crippen LogP contribution in [0, 0.1) is 0 Å². The van der Waals surface area contributed by atoms with Gasteiger partial charge in [0.15, 0.2) is 18.9 Å². The van der Waals surface area contributed by atoms with Crippen molar-refractivity contribution in [3.05, 3.63) is 30.6 Å². The first-order chi connectivity index (χ1) is 6.88. The van der Waals surface area contributed by atoms with E-state index in [2.05, 4.69) is 0 Å². The average molecular weight is 269 g/mol. The number of aliphatic hydroxyl groups is 1. The van der Waals surface area contributed by atoms with Crippen molar-refractivity contribution < 1.29 is 34.9 Å². The molecular formula is C7H10F6NOP.